The van der Waals surface area contributed by atoms with E-state index in [1.165, 1.54) is 44.9 Å². The Hall–Kier alpha value is -2.85. The van der Waals surface area contributed by atoms with Crippen molar-refractivity contribution >= 4 is 19.8 Å². The Morgan fingerprint density at radius 2 is 1.02 bits per heavy atom. The molecule has 0 radical (unpaired) electrons. The highest BCUT2D eigenvalue weighted by atomic mass is 31.2. The van der Waals surface area contributed by atoms with E-state index in [0.717, 1.165) is 83.5 Å². The van der Waals surface area contributed by atoms with Crippen LogP contribution in [0.4, 0.5) is 0 Å². The van der Waals surface area contributed by atoms with Crippen molar-refractivity contribution in [1.82, 2.24) is 0 Å². The lowest BCUT2D eigenvalue weighted by molar-refractivity contribution is -0.154. The lowest BCUT2D eigenvalue weighted by atomic mass is 10.1. The minimum Gasteiger partial charge on any atom is -0.480 e. The molecule has 57 heavy (non-hydrogen) atoms. The predicted octanol–water partition coefficient (Wildman–Crippen LogP) is 12.0. The molecule has 3 atom stereocenters. The second-order valence-corrected chi connectivity index (χ2v) is 15.5. The van der Waals surface area contributed by atoms with E-state index in [1.54, 1.807) is 0 Å². The number of allylic oxidation sites excluding steroid dienone is 14. The molecule has 0 aromatic rings. The number of carbonyl (C=O) groups is 2. The SMILES string of the molecule is CC/C=C\C/C=C\C/C=C\C/C=C\C/C=C\C/C=C\C/C=C\CCCCOCC(COP(=O)(O)OCC(N)C(=O)O)OC(=O)CCCCCCCCCCCCC. The molecule has 0 fully saturated rings. The van der Waals surface area contributed by atoms with Crippen molar-refractivity contribution in [3.05, 3.63) is 85.1 Å². The van der Waals surface area contributed by atoms with Gasteiger partial charge in [0.2, 0.25) is 0 Å². The average Bonchev–Trinajstić information content (AvgIpc) is 3.19. The van der Waals surface area contributed by atoms with Crippen molar-refractivity contribution in [1.29, 1.82) is 0 Å². The Balaban J connectivity index is 4.30. The lowest BCUT2D eigenvalue weighted by Crippen LogP contribution is -2.34. The van der Waals surface area contributed by atoms with E-state index < -0.39 is 45.1 Å². The van der Waals surface area contributed by atoms with Gasteiger partial charge in [0.1, 0.15) is 12.1 Å². The highest BCUT2D eigenvalue weighted by Gasteiger charge is 2.27. The van der Waals surface area contributed by atoms with Crippen molar-refractivity contribution in [2.45, 2.75) is 167 Å². The van der Waals surface area contributed by atoms with Gasteiger partial charge in [-0.05, 0) is 70.6 Å². The van der Waals surface area contributed by atoms with Gasteiger partial charge in [-0.1, -0.05) is 163 Å². The van der Waals surface area contributed by atoms with E-state index in [4.69, 9.17) is 29.4 Å². The normalized spacial score (nSPS) is 14.7. The summed E-state index contributed by atoms with van der Waals surface area (Å²) in [5.41, 5.74) is 5.34. The van der Waals surface area contributed by atoms with Crippen LogP contribution < -0.4 is 5.73 Å². The summed E-state index contributed by atoms with van der Waals surface area (Å²) < 4.78 is 33.2. The maximum atomic E-state index is 12.6. The smallest absolute Gasteiger partial charge is 0.472 e. The molecule has 0 aliphatic rings. The Morgan fingerprint density at radius 3 is 1.49 bits per heavy atom. The standard InChI is InChI=1S/C46H78NO9P/c1-3-5-7-9-11-13-15-16-17-18-19-20-21-22-23-24-25-26-27-29-31-33-35-37-39-53-40-43(41-54-57(51,52)55-42-44(47)46(49)50)56-45(48)38-36-34-32-30-28-14-12-10-8-6-4-2/h5,7,11,13,16-17,19-20,22-23,25-26,29,31,43-44H,3-4,6,8-10,12,14-15,18,21,24,27-28,30,32-42,47H2,1-2H3,(H,49,50)(H,51,52)/b7-5-,13-11-,17-16-,20-19-,23-22-,26-25-,31-29-. The van der Waals surface area contributed by atoms with Gasteiger partial charge in [-0.3, -0.25) is 18.6 Å². The lowest BCUT2D eigenvalue weighted by Gasteiger charge is -2.20. The molecule has 0 rings (SSSR count). The summed E-state index contributed by atoms with van der Waals surface area (Å²) in [6, 6.07) is -1.48. The number of aliphatic carboxylic acids is 1. The second-order valence-electron chi connectivity index (χ2n) is 14.1. The molecule has 0 aromatic heterocycles. The number of phosphoric acid groups is 1. The average molecular weight is 820 g/mol. The molecule has 0 heterocycles. The number of ether oxygens (including phenoxy) is 2. The van der Waals surface area contributed by atoms with Crippen LogP contribution in [0.3, 0.4) is 0 Å². The fourth-order valence-corrected chi connectivity index (χ4v) is 6.12. The molecule has 0 saturated heterocycles. The third-order valence-electron chi connectivity index (χ3n) is 8.69. The largest absolute Gasteiger partial charge is 0.480 e. The van der Waals surface area contributed by atoms with E-state index in [9.17, 15) is 19.0 Å². The molecule has 0 aliphatic carbocycles. The Labute approximate surface area is 346 Å². The minimum absolute atomic E-state index is 0.0167. The van der Waals surface area contributed by atoms with Gasteiger partial charge >= 0.3 is 19.8 Å². The molecule has 0 amide bonds. The number of unbranched alkanes of at least 4 members (excludes halogenated alkanes) is 12. The van der Waals surface area contributed by atoms with Crippen LogP contribution in [-0.4, -0.2) is 60.5 Å². The van der Waals surface area contributed by atoms with Crippen molar-refractivity contribution in [3.8, 4) is 0 Å². The Morgan fingerprint density at radius 1 is 0.579 bits per heavy atom. The van der Waals surface area contributed by atoms with Crippen LogP contribution in [0.25, 0.3) is 0 Å². The maximum absolute atomic E-state index is 12.6. The van der Waals surface area contributed by atoms with Crippen LogP contribution in [0, 0.1) is 0 Å². The number of rotatable bonds is 40. The zero-order chi connectivity index (χ0) is 41.9. The molecule has 10 nitrogen and oxygen atoms in total. The molecule has 0 bridgehead atoms. The predicted molar refractivity (Wildman–Crippen MR) is 235 cm³/mol. The zero-order valence-corrected chi connectivity index (χ0v) is 36.3. The Bertz CT molecular complexity index is 1220. The van der Waals surface area contributed by atoms with Crippen LogP contribution >= 0.6 is 7.82 Å². The van der Waals surface area contributed by atoms with Gasteiger partial charge in [-0.15, -0.1) is 0 Å². The molecule has 326 valence electrons. The zero-order valence-electron chi connectivity index (χ0n) is 35.4. The van der Waals surface area contributed by atoms with Gasteiger partial charge < -0.3 is 25.2 Å². The highest BCUT2D eigenvalue weighted by molar-refractivity contribution is 7.47. The van der Waals surface area contributed by atoms with E-state index in [0.29, 0.717) is 13.0 Å². The van der Waals surface area contributed by atoms with Gasteiger partial charge in [0, 0.05) is 13.0 Å². The monoisotopic (exact) mass is 820 g/mol. The number of carbonyl (C=O) groups excluding carboxylic acids is 1. The summed E-state index contributed by atoms with van der Waals surface area (Å²) in [5.74, 6) is -1.81. The third-order valence-corrected chi connectivity index (χ3v) is 9.64. The second kappa shape index (κ2) is 41.3. The van der Waals surface area contributed by atoms with E-state index in [2.05, 4.69) is 98.9 Å². The molecule has 3 unspecified atom stereocenters. The van der Waals surface area contributed by atoms with E-state index in [1.807, 2.05) is 0 Å². The molecular weight excluding hydrogens is 741 g/mol. The number of hydrogen-bond acceptors (Lipinski definition) is 8. The molecule has 0 spiro atoms. The molecular formula is C46H78NO9P. The van der Waals surface area contributed by atoms with Gasteiger partial charge in [0.15, 0.2) is 0 Å². The number of nitrogens with two attached hydrogens (primary N) is 1. The number of carboxylic acid groups (broad SMARTS) is 1. The van der Waals surface area contributed by atoms with Crippen LogP contribution in [-0.2, 0) is 32.7 Å². The van der Waals surface area contributed by atoms with E-state index in [-0.39, 0.29) is 13.0 Å². The fraction of sp³-hybridized carbons (Fsp3) is 0.652. The quantitative estimate of drug-likeness (QED) is 0.0235. The fourth-order valence-electron chi connectivity index (χ4n) is 5.35. The van der Waals surface area contributed by atoms with Gasteiger partial charge in [-0.2, -0.15) is 0 Å². The molecule has 0 saturated carbocycles. The number of esters is 1. The molecule has 4 N–H and O–H groups in total. The summed E-state index contributed by atoms with van der Waals surface area (Å²) >= 11 is 0. The topological polar surface area (TPSA) is 155 Å². The Kier molecular flexibility index (Phi) is 39.2. The summed E-state index contributed by atoms with van der Waals surface area (Å²) in [5, 5.41) is 8.88. The van der Waals surface area contributed by atoms with Crippen LogP contribution in [0.5, 0.6) is 0 Å². The van der Waals surface area contributed by atoms with E-state index >= 15 is 0 Å². The maximum Gasteiger partial charge on any atom is 0.472 e. The van der Waals surface area contributed by atoms with Crippen molar-refractivity contribution < 1.29 is 42.7 Å². The summed E-state index contributed by atoms with van der Waals surface area (Å²) in [4.78, 5) is 33.4. The first kappa shape index (κ1) is 54.2. The van der Waals surface area contributed by atoms with Gasteiger partial charge in [0.25, 0.3) is 0 Å². The minimum atomic E-state index is -4.63. The van der Waals surface area contributed by atoms with Gasteiger partial charge in [-0.25, -0.2) is 4.57 Å². The summed E-state index contributed by atoms with van der Waals surface area (Å²) in [6.07, 6.45) is 52.2. The molecule has 11 heteroatoms. The number of phosphoric ester groups is 1. The van der Waals surface area contributed by atoms with Crippen LogP contribution in [0.15, 0.2) is 85.1 Å². The van der Waals surface area contributed by atoms with Crippen molar-refractivity contribution in [2.75, 3.05) is 26.4 Å². The van der Waals surface area contributed by atoms with Crippen molar-refractivity contribution in [3.63, 3.8) is 0 Å². The summed E-state index contributed by atoms with van der Waals surface area (Å²) in [6.45, 7) is 3.62. The van der Waals surface area contributed by atoms with Crippen molar-refractivity contribution in [2.24, 2.45) is 5.73 Å². The highest BCUT2D eigenvalue weighted by Crippen LogP contribution is 2.43. The first-order valence-electron chi connectivity index (χ1n) is 21.6. The van der Waals surface area contributed by atoms with Crippen LogP contribution in [0.1, 0.15) is 155 Å². The first-order chi connectivity index (χ1) is 27.7. The number of carboxylic acids is 1. The van der Waals surface area contributed by atoms with Crippen LogP contribution in [0.2, 0.25) is 0 Å². The van der Waals surface area contributed by atoms with Gasteiger partial charge in [0.05, 0.1) is 19.8 Å². The third kappa shape index (κ3) is 41.1. The first-order valence-corrected chi connectivity index (χ1v) is 23.1. The molecule has 0 aliphatic heterocycles. The molecule has 0 aromatic carbocycles. The number of hydrogen-bond donors (Lipinski definition) is 3. The summed E-state index contributed by atoms with van der Waals surface area (Å²) in [7, 11) is -4.63.